The molecule has 0 radical (unpaired) electrons. The second kappa shape index (κ2) is 7.96. The summed E-state index contributed by atoms with van der Waals surface area (Å²) in [6.45, 7) is 24.8. The van der Waals surface area contributed by atoms with Gasteiger partial charge in [0, 0.05) is 0 Å². The first-order valence-electron chi connectivity index (χ1n) is 11.6. The molecule has 2 heteroatoms. The van der Waals surface area contributed by atoms with E-state index >= 15 is 0 Å². The van der Waals surface area contributed by atoms with Crippen LogP contribution in [0.3, 0.4) is 0 Å². The Kier molecular flexibility index (Phi) is 6.83. The molecule has 1 aliphatic rings. The Balaban J connectivity index is 3.00. The van der Waals surface area contributed by atoms with Crippen LogP contribution in [0.1, 0.15) is 73.4 Å². The fourth-order valence-corrected chi connectivity index (χ4v) is 19.2. The molecule has 0 aromatic heterocycles. The third-order valence-electron chi connectivity index (χ3n) is 8.45. The van der Waals surface area contributed by atoms with Crippen LogP contribution in [0.4, 0.5) is 0 Å². The monoisotopic (exact) mass is 446 g/mol. The Morgan fingerprint density at radius 1 is 0.862 bits per heavy atom. The van der Waals surface area contributed by atoms with E-state index in [4.69, 9.17) is 0 Å². The molecule has 0 saturated heterocycles. The minimum absolute atomic E-state index is 0.203. The first-order valence-corrected chi connectivity index (χ1v) is 19.6. The Bertz CT molecular complexity index is 837. The van der Waals surface area contributed by atoms with E-state index in [0.717, 1.165) is 12.8 Å². The van der Waals surface area contributed by atoms with Gasteiger partial charge in [-0.3, -0.25) is 0 Å². The molecule has 1 aliphatic carbocycles. The van der Waals surface area contributed by atoms with Crippen molar-refractivity contribution in [1.29, 1.82) is 0 Å². The van der Waals surface area contributed by atoms with Crippen molar-refractivity contribution in [3.63, 3.8) is 0 Å². The van der Waals surface area contributed by atoms with Gasteiger partial charge in [-0.2, -0.15) is 0 Å². The number of benzene rings is 1. The van der Waals surface area contributed by atoms with Crippen molar-refractivity contribution < 1.29 is 16.6 Å². The van der Waals surface area contributed by atoms with Gasteiger partial charge in [0.15, 0.2) is 0 Å². The van der Waals surface area contributed by atoms with Crippen molar-refractivity contribution in [1.82, 2.24) is 0 Å². The van der Waals surface area contributed by atoms with Crippen molar-refractivity contribution in [3.8, 4) is 0 Å². The molecule has 2 atom stereocenters. The maximum atomic E-state index is 2.71. The topological polar surface area (TPSA) is 0 Å². The molecule has 29 heavy (non-hydrogen) atoms. The van der Waals surface area contributed by atoms with Gasteiger partial charge >= 0.3 is 187 Å². The molecule has 162 valence electrons. The summed E-state index contributed by atoms with van der Waals surface area (Å²) in [5.74, 6) is 0. The van der Waals surface area contributed by atoms with E-state index in [1.807, 2.05) is 3.88 Å². The molecule has 2 unspecified atom stereocenters. The number of rotatable bonds is 5. The fraction of sp³-hybridized carbons (Fsp3) is 0.630. The molecule has 0 aliphatic heterocycles. The van der Waals surface area contributed by atoms with Crippen LogP contribution in [0.5, 0.6) is 0 Å². The summed E-state index contributed by atoms with van der Waals surface area (Å²) in [5.41, 5.74) is 7.90. The van der Waals surface area contributed by atoms with Crippen molar-refractivity contribution in [2.75, 3.05) is 0 Å². The third kappa shape index (κ3) is 3.74. The van der Waals surface area contributed by atoms with Crippen molar-refractivity contribution in [2.24, 2.45) is 0 Å². The summed E-state index contributed by atoms with van der Waals surface area (Å²) in [6, 6.07) is 7.62. The summed E-state index contributed by atoms with van der Waals surface area (Å²) in [6.07, 6.45) is 2.25. The van der Waals surface area contributed by atoms with Crippen LogP contribution in [0.25, 0.3) is 0 Å². The summed E-state index contributed by atoms with van der Waals surface area (Å²) in [7, 11) is -2.00. The van der Waals surface area contributed by atoms with E-state index in [-0.39, 0.29) is 10.1 Å². The average molecular weight is 447 g/mol. The van der Waals surface area contributed by atoms with Gasteiger partial charge < -0.3 is 0 Å². The molecule has 1 aromatic carbocycles. The Morgan fingerprint density at radius 2 is 1.31 bits per heavy atom. The van der Waals surface area contributed by atoms with Gasteiger partial charge in [0.2, 0.25) is 0 Å². The van der Waals surface area contributed by atoms with Crippen LogP contribution in [0, 0.1) is 0 Å². The number of hydrogen-bond acceptors (Lipinski definition) is 0. The molecule has 1 aromatic rings. The van der Waals surface area contributed by atoms with Gasteiger partial charge in [-0.05, 0) is 0 Å². The van der Waals surface area contributed by atoms with Gasteiger partial charge in [-0.1, -0.05) is 0 Å². The van der Waals surface area contributed by atoms with Crippen LogP contribution in [0.2, 0.25) is 32.3 Å². The molecule has 0 heterocycles. The molecule has 0 spiro atoms. The molecular weight excluding hydrogens is 400 g/mol. The Morgan fingerprint density at radius 3 is 1.66 bits per heavy atom. The zero-order valence-corrected chi connectivity index (χ0v) is 24.2. The molecule has 0 nitrogen and oxygen atoms in total. The summed E-state index contributed by atoms with van der Waals surface area (Å²) < 4.78 is 1.87. The molecule has 0 fully saturated rings. The Hall–Kier alpha value is -0.369. The van der Waals surface area contributed by atoms with E-state index in [1.165, 1.54) is 11.1 Å². The van der Waals surface area contributed by atoms with Crippen LogP contribution in [-0.2, 0) is 29.4 Å². The number of hydrogen-bond donors (Lipinski definition) is 0. The van der Waals surface area contributed by atoms with Gasteiger partial charge in [0.25, 0.3) is 0 Å². The molecule has 2 rings (SSSR count). The zero-order valence-electron chi connectivity index (χ0n) is 21.6. The van der Waals surface area contributed by atoms with Crippen molar-refractivity contribution in [3.05, 3.63) is 49.9 Å². The second-order valence-electron chi connectivity index (χ2n) is 11.7. The summed E-state index contributed by atoms with van der Waals surface area (Å²) >= 11 is -2.08. The van der Waals surface area contributed by atoms with E-state index in [0.29, 0.717) is 0 Å². The fourth-order valence-electron chi connectivity index (χ4n) is 6.27. The predicted octanol–water partition coefficient (Wildman–Crippen LogP) is 8.58. The zero-order chi connectivity index (χ0) is 22.6. The maximum absolute atomic E-state index is 2.71. The quantitative estimate of drug-likeness (QED) is 0.397. The normalized spacial score (nSPS) is 23.1. The summed E-state index contributed by atoms with van der Waals surface area (Å²) in [5, 5.41) is 9.98. The van der Waals surface area contributed by atoms with E-state index in [2.05, 4.69) is 103 Å². The van der Waals surface area contributed by atoms with Crippen LogP contribution in [0.15, 0.2) is 38.8 Å². The summed E-state index contributed by atoms with van der Waals surface area (Å²) in [4.78, 5) is 0. The minimum atomic E-state index is -2.08. The molecule has 0 saturated carbocycles. The van der Waals surface area contributed by atoms with Gasteiger partial charge in [-0.25, -0.2) is 0 Å². The van der Waals surface area contributed by atoms with Gasteiger partial charge in [0.1, 0.15) is 0 Å². The molecular formula is C27H46SiTi. The average Bonchev–Trinajstić information content (AvgIpc) is 2.80. The van der Waals surface area contributed by atoms with E-state index in [9.17, 15) is 0 Å². The van der Waals surface area contributed by atoms with Crippen molar-refractivity contribution >= 4 is 13.3 Å². The van der Waals surface area contributed by atoms with Gasteiger partial charge in [-0.15, -0.1) is 0 Å². The number of aryl methyl sites for hydroxylation is 2. The second-order valence-corrected chi connectivity index (χ2v) is 24.9. The van der Waals surface area contributed by atoms with Crippen LogP contribution < -0.4 is 5.19 Å². The SMILES string of the molecule is CCc1cc(CC)cc([Si](C)(C(C)(C)C)C2(C)C(C)=C(C)C(C)=[C]2[Ti]([CH3])([CH3])[CH3])c1. The number of allylic oxidation sites excluding steroid dienone is 4. The van der Waals surface area contributed by atoms with Crippen LogP contribution in [-0.4, -0.2) is 8.07 Å². The van der Waals surface area contributed by atoms with Gasteiger partial charge in [0.05, 0.1) is 0 Å². The van der Waals surface area contributed by atoms with Crippen molar-refractivity contribution in [2.45, 2.75) is 107 Å². The third-order valence-corrected chi connectivity index (χ3v) is 19.6. The molecule has 0 N–H and O–H groups in total. The molecule has 0 amide bonds. The van der Waals surface area contributed by atoms with E-state index in [1.54, 1.807) is 21.9 Å². The van der Waals surface area contributed by atoms with E-state index < -0.39 is 24.7 Å². The first kappa shape index (κ1) is 24.9. The van der Waals surface area contributed by atoms with Crippen LogP contribution >= 0.6 is 0 Å². The predicted molar refractivity (Wildman–Crippen MR) is 133 cm³/mol. The standard InChI is InChI=1S/C24H37Si.3CH3.Ti/c1-11-20-13-21(12-2)15-22(14-20)25(10,23(6,7)8)24(9)16-17(3)18(4)19(24)5;;;;/h13-15H,11-12H2,1-10H3;3*1H3;. The molecule has 0 bridgehead atoms. The first-order chi connectivity index (χ1) is 13.1. The Labute approximate surface area is 186 Å².